The smallest absolute Gasteiger partial charge is 0.343 e. The van der Waals surface area contributed by atoms with Crippen LogP contribution >= 0.6 is 11.8 Å². The summed E-state index contributed by atoms with van der Waals surface area (Å²) < 4.78 is 19.5. The van der Waals surface area contributed by atoms with Crippen LogP contribution in [0.3, 0.4) is 0 Å². The molecular formula is C17H17NO8S. The average molecular weight is 395 g/mol. The van der Waals surface area contributed by atoms with Crippen molar-refractivity contribution < 1.29 is 38.1 Å². The Morgan fingerprint density at radius 3 is 2.41 bits per heavy atom. The van der Waals surface area contributed by atoms with Gasteiger partial charge in [-0.3, -0.25) is 19.3 Å². The predicted octanol–water partition coefficient (Wildman–Crippen LogP) is 1.46. The molecule has 1 aromatic rings. The molecule has 1 saturated heterocycles. The minimum absolute atomic E-state index is 0.161. The molecule has 0 N–H and O–H groups in total. The second-order valence-corrected chi connectivity index (χ2v) is 6.11. The number of imide groups is 1. The first-order valence-corrected chi connectivity index (χ1v) is 8.41. The minimum Gasteiger partial charge on any atom is -0.493 e. The van der Waals surface area contributed by atoms with Crippen LogP contribution in [0.4, 0.5) is 4.79 Å². The van der Waals surface area contributed by atoms with Crippen LogP contribution in [0.5, 0.6) is 11.5 Å². The Labute approximate surface area is 159 Å². The van der Waals surface area contributed by atoms with Gasteiger partial charge >= 0.3 is 11.9 Å². The maximum absolute atomic E-state index is 12.3. The highest BCUT2D eigenvalue weighted by Gasteiger charge is 2.36. The van der Waals surface area contributed by atoms with Gasteiger partial charge in [-0.2, -0.15) is 0 Å². The quantitative estimate of drug-likeness (QED) is 0.501. The van der Waals surface area contributed by atoms with Crippen molar-refractivity contribution in [2.75, 3.05) is 34.5 Å². The molecule has 0 aromatic heterocycles. The molecule has 1 aromatic carbocycles. The van der Waals surface area contributed by atoms with Crippen molar-refractivity contribution in [1.29, 1.82) is 0 Å². The maximum atomic E-state index is 12.3. The van der Waals surface area contributed by atoms with E-state index in [0.717, 1.165) is 16.7 Å². The van der Waals surface area contributed by atoms with Gasteiger partial charge in [-0.1, -0.05) is 6.07 Å². The molecule has 10 heteroatoms. The van der Waals surface area contributed by atoms with Crippen molar-refractivity contribution in [1.82, 2.24) is 4.90 Å². The van der Waals surface area contributed by atoms with Crippen LogP contribution in [-0.4, -0.2) is 62.5 Å². The Morgan fingerprint density at radius 2 is 1.78 bits per heavy atom. The van der Waals surface area contributed by atoms with E-state index in [2.05, 4.69) is 9.47 Å². The molecule has 0 aliphatic carbocycles. The Morgan fingerprint density at radius 1 is 1.07 bits per heavy atom. The zero-order chi connectivity index (χ0) is 20.0. The number of hydrogen-bond donors (Lipinski definition) is 0. The lowest BCUT2D eigenvalue weighted by Gasteiger charge is -2.11. The Hall–Kier alpha value is -3.01. The fourth-order valence-corrected chi connectivity index (χ4v) is 2.91. The van der Waals surface area contributed by atoms with E-state index in [-0.39, 0.29) is 11.5 Å². The van der Waals surface area contributed by atoms with Crippen LogP contribution in [0, 0.1) is 0 Å². The summed E-state index contributed by atoms with van der Waals surface area (Å²) in [4.78, 5) is 47.7. The molecule has 27 heavy (non-hydrogen) atoms. The third kappa shape index (κ3) is 5.00. The number of thioether (sulfide) groups is 1. The lowest BCUT2D eigenvalue weighted by molar-refractivity contribution is -0.143. The summed E-state index contributed by atoms with van der Waals surface area (Å²) in [5.41, 5.74) is 0.570. The molecule has 1 aliphatic heterocycles. The molecule has 0 atom stereocenters. The maximum Gasteiger partial charge on any atom is 0.343 e. The number of amides is 2. The fraction of sp³-hybridized carbons (Fsp3) is 0.294. The molecule has 0 bridgehead atoms. The second kappa shape index (κ2) is 9.08. The van der Waals surface area contributed by atoms with Crippen molar-refractivity contribution in [3.63, 3.8) is 0 Å². The van der Waals surface area contributed by atoms with Crippen LogP contribution in [0.1, 0.15) is 5.56 Å². The summed E-state index contributed by atoms with van der Waals surface area (Å²) in [7, 11) is 3.85. The first-order valence-electron chi connectivity index (χ1n) is 7.59. The third-order valence-corrected chi connectivity index (χ3v) is 4.35. The molecule has 0 radical (unpaired) electrons. The molecule has 1 fully saturated rings. The van der Waals surface area contributed by atoms with Crippen molar-refractivity contribution in [3.05, 3.63) is 28.7 Å². The number of benzene rings is 1. The van der Waals surface area contributed by atoms with Crippen LogP contribution < -0.4 is 9.47 Å². The van der Waals surface area contributed by atoms with Gasteiger partial charge in [0, 0.05) is 0 Å². The Balaban J connectivity index is 2.18. The number of methoxy groups -OCH3 is 3. The van der Waals surface area contributed by atoms with E-state index in [4.69, 9.17) is 9.47 Å². The SMILES string of the molecule is COC(=O)COc1ccc(/C=C2\SC(=O)N(CC(=O)OC)C2=O)cc1OC. The van der Waals surface area contributed by atoms with Gasteiger partial charge in [0.05, 0.1) is 26.2 Å². The van der Waals surface area contributed by atoms with Crippen molar-refractivity contribution in [2.45, 2.75) is 0 Å². The van der Waals surface area contributed by atoms with E-state index in [1.165, 1.54) is 27.4 Å². The first-order chi connectivity index (χ1) is 12.9. The number of ether oxygens (including phenoxy) is 4. The van der Waals surface area contributed by atoms with Crippen LogP contribution in [-0.2, 0) is 23.9 Å². The number of hydrogen-bond acceptors (Lipinski definition) is 9. The van der Waals surface area contributed by atoms with Crippen molar-refractivity contribution in [2.24, 2.45) is 0 Å². The number of carbonyl (C=O) groups is 4. The van der Waals surface area contributed by atoms with Crippen LogP contribution in [0.25, 0.3) is 6.08 Å². The molecule has 1 heterocycles. The molecule has 2 amide bonds. The summed E-state index contributed by atoms with van der Waals surface area (Å²) in [5, 5.41) is -0.554. The van der Waals surface area contributed by atoms with Crippen molar-refractivity contribution >= 4 is 40.9 Å². The molecule has 9 nitrogen and oxygen atoms in total. The summed E-state index contributed by atoms with van der Waals surface area (Å²) in [6.45, 7) is -0.721. The van der Waals surface area contributed by atoms with Crippen LogP contribution in [0.2, 0.25) is 0 Å². The topological polar surface area (TPSA) is 108 Å². The fourth-order valence-electron chi connectivity index (χ4n) is 2.07. The van der Waals surface area contributed by atoms with Gasteiger partial charge in [-0.05, 0) is 35.5 Å². The average Bonchev–Trinajstić information content (AvgIpc) is 2.93. The summed E-state index contributed by atoms with van der Waals surface area (Å²) in [6, 6.07) is 4.77. The normalized spacial score (nSPS) is 15.1. The predicted molar refractivity (Wildman–Crippen MR) is 95.2 cm³/mol. The zero-order valence-corrected chi connectivity index (χ0v) is 15.7. The third-order valence-electron chi connectivity index (χ3n) is 3.45. The van der Waals surface area contributed by atoms with E-state index in [0.29, 0.717) is 17.1 Å². The van der Waals surface area contributed by atoms with Gasteiger partial charge in [0.25, 0.3) is 11.1 Å². The van der Waals surface area contributed by atoms with Crippen LogP contribution in [0.15, 0.2) is 23.1 Å². The van der Waals surface area contributed by atoms with Crippen molar-refractivity contribution in [3.8, 4) is 11.5 Å². The monoisotopic (exact) mass is 395 g/mol. The second-order valence-electron chi connectivity index (χ2n) is 5.12. The van der Waals surface area contributed by atoms with Gasteiger partial charge in [-0.15, -0.1) is 0 Å². The highest BCUT2D eigenvalue weighted by atomic mass is 32.2. The van der Waals surface area contributed by atoms with E-state index in [1.54, 1.807) is 18.2 Å². The van der Waals surface area contributed by atoms with Gasteiger partial charge in [0.1, 0.15) is 6.54 Å². The molecule has 1 aliphatic rings. The van der Waals surface area contributed by atoms with E-state index >= 15 is 0 Å². The number of esters is 2. The summed E-state index contributed by atoms with van der Waals surface area (Å²) >= 11 is 0.721. The highest BCUT2D eigenvalue weighted by Crippen LogP contribution is 2.34. The van der Waals surface area contributed by atoms with Gasteiger partial charge < -0.3 is 18.9 Å². The standard InChI is InChI=1S/C17H17NO8S/c1-23-12-6-10(4-5-11(12)26-9-15(20)25-3)7-13-16(21)18(17(22)27-13)8-14(19)24-2/h4-7H,8-9H2,1-3H3/b13-7-. The van der Waals surface area contributed by atoms with Gasteiger partial charge in [0.2, 0.25) is 0 Å². The number of nitrogens with zero attached hydrogens (tertiary/aromatic N) is 1. The van der Waals surface area contributed by atoms with E-state index < -0.39 is 29.6 Å². The number of rotatable bonds is 7. The highest BCUT2D eigenvalue weighted by molar-refractivity contribution is 8.18. The zero-order valence-electron chi connectivity index (χ0n) is 14.8. The Bertz CT molecular complexity index is 804. The molecule has 0 saturated carbocycles. The Kier molecular flexibility index (Phi) is 6.83. The van der Waals surface area contributed by atoms with E-state index in [1.807, 2.05) is 0 Å². The molecular weight excluding hydrogens is 378 g/mol. The first kappa shape index (κ1) is 20.3. The lowest BCUT2D eigenvalue weighted by Crippen LogP contribution is -2.34. The van der Waals surface area contributed by atoms with E-state index in [9.17, 15) is 19.2 Å². The molecule has 0 spiro atoms. The largest absolute Gasteiger partial charge is 0.493 e. The minimum atomic E-state index is -0.688. The molecule has 144 valence electrons. The molecule has 2 rings (SSSR count). The summed E-state index contributed by atoms with van der Waals surface area (Å²) in [5.74, 6) is -1.16. The van der Waals surface area contributed by atoms with Gasteiger partial charge in [-0.25, -0.2) is 4.79 Å². The molecule has 0 unspecified atom stereocenters. The van der Waals surface area contributed by atoms with Gasteiger partial charge in [0.15, 0.2) is 18.1 Å². The summed E-state index contributed by atoms with van der Waals surface area (Å²) in [6.07, 6.45) is 1.49. The lowest BCUT2D eigenvalue weighted by atomic mass is 10.2. The number of carbonyl (C=O) groups excluding carboxylic acids is 4.